The molecule has 21 heavy (non-hydrogen) atoms. The molecule has 2 aromatic rings. The van der Waals surface area contributed by atoms with E-state index >= 15 is 0 Å². The van der Waals surface area contributed by atoms with Crippen LogP contribution in [0.25, 0.3) is 0 Å². The van der Waals surface area contributed by atoms with Crippen LogP contribution in [0.15, 0.2) is 46.9 Å². The van der Waals surface area contributed by atoms with Crippen molar-refractivity contribution in [1.82, 2.24) is 0 Å². The first-order valence-corrected chi connectivity index (χ1v) is 7.29. The summed E-state index contributed by atoms with van der Waals surface area (Å²) in [7, 11) is 0. The van der Waals surface area contributed by atoms with Crippen LogP contribution in [0.4, 0.5) is 11.4 Å². The third-order valence-electron chi connectivity index (χ3n) is 2.87. The van der Waals surface area contributed by atoms with Gasteiger partial charge in [-0.3, -0.25) is 10.1 Å². The molecule has 0 bridgehead atoms. The van der Waals surface area contributed by atoms with E-state index in [1.807, 2.05) is 37.3 Å². The highest BCUT2D eigenvalue weighted by molar-refractivity contribution is 9.10. The lowest BCUT2D eigenvalue weighted by Crippen LogP contribution is -2.06. The third kappa shape index (κ3) is 3.95. The summed E-state index contributed by atoms with van der Waals surface area (Å²) in [5, 5.41) is 14.1. The van der Waals surface area contributed by atoms with Crippen molar-refractivity contribution in [1.29, 1.82) is 0 Å². The number of benzene rings is 2. The predicted octanol–water partition coefficient (Wildman–Crippen LogP) is 4.37. The molecule has 0 unspecified atom stereocenters. The Labute approximate surface area is 131 Å². The molecule has 2 aromatic carbocycles. The number of nitro benzene ring substituents is 1. The second-order valence-corrected chi connectivity index (χ2v) is 5.26. The molecule has 0 fully saturated rings. The van der Waals surface area contributed by atoms with Crippen LogP contribution in [-0.4, -0.2) is 11.5 Å². The molecule has 0 saturated carbocycles. The molecule has 0 atom stereocenters. The van der Waals surface area contributed by atoms with Crippen molar-refractivity contribution in [3.63, 3.8) is 0 Å². The van der Waals surface area contributed by atoms with E-state index < -0.39 is 0 Å². The molecule has 0 aromatic heterocycles. The minimum absolute atomic E-state index is 0.0622. The maximum atomic E-state index is 11.1. The van der Waals surface area contributed by atoms with Gasteiger partial charge in [-0.05, 0) is 25.1 Å². The zero-order chi connectivity index (χ0) is 15.2. The van der Waals surface area contributed by atoms with E-state index in [0.717, 1.165) is 10.0 Å². The Bertz CT molecular complexity index is 647. The van der Waals surface area contributed by atoms with Crippen LogP contribution in [0.3, 0.4) is 0 Å². The quantitative estimate of drug-likeness (QED) is 0.620. The zero-order valence-corrected chi connectivity index (χ0v) is 13.1. The fraction of sp³-hybridized carbons (Fsp3) is 0.200. The number of ether oxygens (including phenoxy) is 1. The molecule has 0 radical (unpaired) electrons. The van der Waals surface area contributed by atoms with Gasteiger partial charge in [0.25, 0.3) is 5.69 Å². The fourth-order valence-electron chi connectivity index (χ4n) is 1.96. The Kier molecular flexibility index (Phi) is 5.16. The molecule has 110 valence electrons. The summed E-state index contributed by atoms with van der Waals surface area (Å²) >= 11 is 3.38. The van der Waals surface area contributed by atoms with E-state index in [2.05, 4.69) is 21.2 Å². The maximum absolute atomic E-state index is 11.1. The van der Waals surface area contributed by atoms with Gasteiger partial charge in [-0.2, -0.15) is 0 Å². The number of nitrogens with one attached hydrogen (secondary N) is 1. The van der Waals surface area contributed by atoms with Crippen LogP contribution in [0.1, 0.15) is 12.5 Å². The highest BCUT2D eigenvalue weighted by Crippen LogP contribution is 2.29. The van der Waals surface area contributed by atoms with Crippen molar-refractivity contribution in [2.45, 2.75) is 13.5 Å². The van der Waals surface area contributed by atoms with Crippen molar-refractivity contribution in [2.24, 2.45) is 0 Å². The molecule has 0 aliphatic rings. The molecule has 2 rings (SSSR count). The lowest BCUT2D eigenvalue weighted by molar-refractivity contribution is -0.384. The number of nitro groups is 1. The van der Waals surface area contributed by atoms with Gasteiger partial charge in [0.2, 0.25) is 0 Å². The molecule has 0 aliphatic heterocycles. The molecular weight excluding hydrogens is 336 g/mol. The number of hydrogen-bond donors (Lipinski definition) is 1. The van der Waals surface area contributed by atoms with Crippen molar-refractivity contribution in [3.8, 4) is 5.75 Å². The Morgan fingerprint density at radius 3 is 2.71 bits per heavy atom. The summed E-state index contributed by atoms with van der Waals surface area (Å²) in [5.74, 6) is 0.707. The second-order valence-electron chi connectivity index (χ2n) is 4.34. The Morgan fingerprint density at radius 1 is 1.29 bits per heavy atom. The SMILES string of the molecule is CCNc1c(COc2cccc(Br)c2)cccc1[N+](=O)[O-]. The molecule has 1 N–H and O–H groups in total. The lowest BCUT2D eigenvalue weighted by Gasteiger charge is -2.12. The smallest absolute Gasteiger partial charge is 0.292 e. The molecular formula is C15H15BrN2O3. The minimum atomic E-state index is -0.388. The molecule has 0 heterocycles. The summed E-state index contributed by atoms with van der Waals surface area (Å²) in [5.41, 5.74) is 1.33. The number of hydrogen-bond acceptors (Lipinski definition) is 4. The van der Waals surface area contributed by atoms with E-state index in [1.165, 1.54) is 6.07 Å². The van der Waals surface area contributed by atoms with Crippen LogP contribution >= 0.6 is 15.9 Å². The highest BCUT2D eigenvalue weighted by atomic mass is 79.9. The van der Waals surface area contributed by atoms with Gasteiger partial charge in [-0.1, -0.05) is 34.1 Å². The van der Waals surface area contributed by atoms with Crippen LogP contribution in [-0.2, 0) is 6.61 Å². The molecule has 6 heteroatoms. The number of para-hydroxylation sites is 1. The fourth-order valence-corrected chi connectivity index (χ4v) is 2.34. The molecule has 0 spiro atoms. The summed E-state index contributed by atoms with van der Waals surface area (Å²) in [6.45, 7) is 2.77. The van der Waals surface area contributed by atoms with Crippen LogP contribution in [0.5, 0.6) is 5.75 Å². The molecule has 0 aliphatic carbocycles. The minimum Gasteiger partial charge on any atom is -0.489 e. The molecule has 0 amide bonds. The Hall–Kier alpha value is -2.08. The number of halogens is 1. The number of rotatable bonds is 6. The average molecular weight is 351 g/mol. The van der Waals surface area contributed by atoms with Gasteiger partial charge in [-0.25, -0.2) is 0 Å². The lowest BCUT2D eigenvalue weighted by atomic mass is 10.1. The van der Waals surface area contributed by atoms with Crippen LogP contribution < -0.4 is 10.1 Å². The van der Waals surface area contributed by atoms with Gasteiger partial charge in [-0.15, -0.1) is 0 Å². The van der Waals surface area contributed by atoms with Gasteiger partial charge in [0.15, 0.2) is 0 Å². The molecule has 0 saturated heterocycles. The van der Waals surface area contributed by atoms with Crippen molar-refractivity contribution >= 4 is 27.3 Å². The monoisotopic (exact) mass is 350 g/mol. The van der Waals surface area contributed by atoms with Crippen LogP contribution in [0.2, 0.25) is 0 Å². The highest BCUT2D eigenvalue weighted by Gasteiger charge is 2.16. The summed E-state index contributed by atoms with van der Waals surface area (Å²) in [6.07, 6.45) is 0. The first-order chi connectivity index (χ1) is 10.1. The van der Waals surface area contributed by atoms with E-state index in [1.54, 1.807) is 6.07 Å². The maximum Gasteiger partial charge on any atom is 0.292 e. The van der Waals surface area contributed by atoms with E-state index in [9.17, 15) is 10.1 Å². The van der Waals surface area contributed by atoms with Gasteiger partial charge in [0, 0.05) is 22.6 Å². The largest absolute Gasteiger partial charge is 0.489 e. The Balaban J connectivity index is 2.23. The molecule has 5 nitrogen and oxygen atoms in total. The van der Waals surface area contributed by atoms with Gasteiger partial charge in [0.1, 0.15) is 18.0 Å². The van der Waals surface area contributed by atoms with Crippen molar-refractivity contribution in [2.75, 3.05) is 11.9 Å². The van der Waals surface area contributed by atoms with E-state index in [0.29, 0.717) is 18.0 Å². The van der Waals surface area contributed by atoms with Crippen molar-refractivity contribution < 1.29 is 9.66 Å². The average Bonchev–Trinajstić information content (AvgIpc) is 2.46. The van der Waals surface area contributed by atoms with E-state index in [4.69, 9.17) is 4.74 Å². The number of anilines is 1. The number of nitrogens with zero attached hydrogens (tertiary/aromatic N) is 1. The van der Waals surface area contributed by atoms with E-state index in [-0.39, 0.29) is 17.2 Å². The first-order valence-electron chi connectivity index (χ1n) is 6.50. The van der Waals surface area contributed by atoms with Gasteiger partial charge < -0.3 is 10.1 Å². The summed E-state index contributed by atoms with van der Waals surface area (Å²) in [6, 6.07) is 12.4. The normalized spacial score (nSPS) is 10.2. The Morgan fingerprint density at radius 2 is 2.05 bits per heavy atom. The van der Waals surface area contributed by atoms with Crippen LogP contribution in [0, 0.1) is 10.1 Å². The zero-order valence-electron chi connectivity index (χ0n) is 11.5. The second kappa shape index (κ2) is 7.08. The van der Waals surface area contributed by atoms with Gasteiger partial charge >= 0.3 is 0 Å². The van der Waals surface area contributed by atoms with Gasteiger partial charge in [0.05, 0.1) is 4.92 Å². The third-order valence-corrected chi connectivity index (χ3v) is 3.36. The summed E-state index contributed by atoms with van der Waals surface area (Å²) < 4.78 is 6.62. The standard InChI is InChI=1S/C15H15BrN2O3/c1-2-17-15-11(5-3-8-14(15)18(19)20)10-21-13-7-4-6-12(16)9-13/h3-9,17H,2,10H2,1H3. The predicted molar refractivity (Wildman–Crippen MR) is 85.7 cm³/mol. The van der Waals surface area contributed by atoms with Crippen molar-refractivity contribution in [3.05, 3.63) is 62.6 Å². The summed E-state index contributed by atoms with van der Waals surface area (Å²) in [4.78, 5) is 10.7. The topological polar surface area (TPSA) is 64.4 Å². The first kappa shape index (κ1) is 15.3.